The molecule has 0 aliphatic heterocycles. The van der Waals surface area contributed by atoms with E-state index in [0.717, 1.165) is 0 Å². The van der Waals surface area contributed by atoms with Gasteiger partial charge in [-0.05, 0) is 45.6 Å². The number of carbonyl (C=O) groups is 3. The second-order valence-electron chi connectivity index (χ2n) is 10.2. The maximum Gasteiger partial charge on any atom is 0.318 e. The summed E-state index contributed by atoms with van der Waals surface area (Å²) < 4.78 is 0. The van der Waals surface area contributed by atoms with Crippen molar-refractivity contribution in [2.24, 2.45) is 29.0 Å². The monoisotopic (exact) mass is 463 g/mol. The summed E-state index contributed by atoms with van der Waals surface area (Å²) in [4.78, 5) is 39.2. The molecule has 33 heavy (non-hydrogen) atoms. The molecule has 4 unspecified atom stereocenters. The lowest BCUT2D eigenvalue weighted by molar-refractivity contribution is -0.145. The first-order chi connectivity index (χ1) is 15.1. The van der Waals surface area contributed by atoms with Crippen LogP contribution in [0.5, 0.6) is 0 Å². The van der Waals surface area contributed by atoms with E-state index in [1.807, 2.05) is 40.7 Å². The number of carbonyl (C=O) groups excluding carboxylic acids is 3. The molecule has 9 nitrogen and oxygen atoms in total. The van der Waals surface area contributed by atoms with Crippen molar-refractivity contribution in [3.05, 3.63) is 35.9 Å². The maximum absolute atomic E-state index is 13.3. The van der Waals surface area contributed by atoms with Gasteiger partial charge in [0.05, 0.1) is 18.0 Å². The van der Waals surface area contributed by atoms with Gasteiger partial charge in [-0.1, -0.05) is 44.2 Å². The smallest absolute Gasteiger partial charge is 0.318 e. The van der Waals surface area contributed by atoms with E-state index in [4.69, 9.17) is 17.2 Å². The molecule has 1 aromatic rings. The summed E-state index contributed by atoms with van der Waals surface area (Å²) >= 11 is 0. The highest BCUT2D eigenvalue weighted by molar-refractivity contribution is 5.89. The number of amides is 4. The summed E-state index contributed by atoms with van der Waals surface area (Å²) in [5.74, 6) is -3.17. The molecule has 0 aliphatic carbocycles. The van der Waals surface area contributed by atoms with Crippen molar-refractivity contribution in [1.29, 1.82) is 0 Å². The topological polar surface area (TPSA) is 165 Å². The van der Waals surface area contributed by atoms with E-state index < -0.39 is 47.0 Å². The highest BCUT2D eigenvalue weighted by atomic mass is 16.3. The molecule has 0 saturated heterocycles. The van der Waals surface area contributed by atoms with E-state index >= 15 is 0 Å². The SMILES string of the molecule is CC(C)CCN(C(=O)NC(C)(C)C)C(C)C(O)(Cc1ccccc1)C(C(N)=O)C(N)C(N)=O. The van der Waals surface area contributed by atoms with Crippen LogP contribution in [-0.4, -0.2) is 57.6 Å². The van der Waals surface area contributed by atoms with Crippen LogP contribution in [0.25, 0.3) is 0 Å². The van der Waals surface area contributed by atoms with Crippen LogP contribution < -0.4 is 22.5 Å². The molecule has 1 aromatic carbocycles. The molecule has 4 atom stereocenters. The van der Waals surface area contributed by atoms with Crippen LogP contribution in [0.3, 0.4) is 0 Å². The Morgan fingerprint density at radius 1 is 1.03 bits per heavy atom. The van der Waals surface area contributed by atoms with Crippen molar-refractivity contribution in [3.8, 4) is 0 Å². The number of aliphatic hydroxyl groups is 1. The quantitative estimate of drug-likeness (QED) is 0.331. The van der Waals surface area contributed by atoms with Crippen LogP contribution in [0.1, 0.15) is 53.5 Å². The van der Waals surface area contributed by atoms with Crippen LogP contribution in [0.15, 0.2) is 30.3 Å². The third kappa shape index (κ3) is 8.01. The van der Waals surface area contributed by atoms with Crippen LogP contribution in [0.2, 0.25) is 0 Å². The average molecular weight is 464 g/mol. The Balaban J connectivity index is 3.59. The first kappa shape index (κ1) is 28.4. The molecule has 9 heteroatoms. The first-order valence-corrected chi connectivity index (χ1v) is 11.3. The van der Waals surface area contributed by atoms with Gasteiger partial charge in [-0.25, -0.2) is 4.79 Å². The molecule has 0 bridgehead atoms. The van der Waals surface area contributed by atoms with Crippen LogP contribution >= 0.6 is 0 Å². The van der Waals surface area contributed by atoms with Gasteiger partial charge in [0.1, 0.15) is 5.60 Å². The summed E-state index contributed by atoms with van der Waals surface area (Å²) in [5.41, 5.74) is 15.2. The molecule has 0 heterocycles. The zero-order chi connectivity index (χ0) is 25.6. The number of hydrogen-bond donors (Lipinski definition) is 5. The lowest BCUT2D eigenvalue weighted by atomic mass is 9.72. The Morgan fingerprint density at radius 3 is 2.00 bits per heavy atom. The minimum absolute atomic E-state index is 0.0649. The predicted octanol–water partition coefficient (Wildman–Crippen LogP) is 1.12. The second kappa shape index (κ2) is 11.5. The first-order valence-electron chi connectivity index (χ1n) is 11.3. The second-order valence-corrected chi connectivity index (χ2v) is 10.2. The van der Waals surface area contributed by atoms with E-state index in [1.165, 1.54) is 4.90 Å². The van der Waals surface area contributed by atoms with Gasteiger partial charge >= 0.3 is 6.03 Å². The minimum Gasteiger partial charge on any atom is -0.386 e. The van der Waals surface area contributed by atoms with Gasteiger partial charge in [0.2, 0.25) is 11.8 Å². The fraction of sp³-hybridized carbons (Fsp3) is 0.625. The van der Waals surface area contributed by atoms with E-state index in [-0.39, 0.29) is 12.3 Å². The standard InChI is InChI=1S/C24H41N5O4/c1-15(2)12-13-29(22(32)28-23(4,5)6)16(3)24(33,14-17-10-8-7-9-11-17)18(20(26)30)19(25)21(27)31/h7-11,15-16,18-19,33H,12-14,25H2,1-6H3,(H2,26,30)(H2,27,31)(H,28,32). The van der Waals surface area contributed by atoms with Crippen molar-refractivity contribution in [3.63, 3.8) is 0 Å². The van der Waals surface area contributed by atoms with Crippen LogP contribution in [-0.2, 0) is 16.0 Å². The lowest BCUT2D eigenvalue weighted by Gasteiger charge is -2.46. The summed E-state index contributed by atoms with van der Waals surface area (Å²) in [5, 5.41) is 15.0. The highest BCUT2D eigenvalue weighted by Crippen LogP contribution is 2.32. The van der Waals surface area contributed by atoms with Crippen molar-refractivity contribution in [2.75, 3.05) is 6.54 Å². The van der Waals surface area contributed by atoms with Crippen molar-refractivity contribution < 1.29 is 19.5 Å². The molecule has 0 aliphatic rings. The molecule has 0 fully saturated rings. The molecular formula is C24H41N5O4. The molecular weight excluding hydrogens is 422 g/mol. The molecule has 1 rings (SSSR count). The van der Waals surface area contributed by atoms with Gasteiger partial charge in [0.25, 0.3) is 0 Å². The number of urea groups is 1. The normalized spacial score (nSPS) is 16.4. The maximum atomic E-state index is 13.3. The van der Waals surface area contributed by atoms with E-state index in [9.17, 15) is 19.5 Å². The van der Waals surface area contributed by atoms with E-state index in [2.05, 4.69) is 5.32 Å². The van der Waals surface area contributed by atoms with E-state index in [1.54, 1.807) is 31.2 Å². The van der Waals surface area contributed by atoms with Crippen LogP contribution in [0, 0.1) is 11.8 Å². The summed E-state index contributed by atoms with van der Waals surface area (Å²) in [6.07, 6.45) is 0.594. The Hall–Kier alpha value is -2.65. The lowest BCUT2D eigenvalue weighted by Crippen LogP contribution is -2.67. The molecule has 8 N–H and O–H groups in total. The fourth-order valence-electron chi connectivity index (χ4n) is 3.87. The molecule has 186 valence electrons. The number of nitrogens with one attached hydrogen (secondary N) is 1. The predicted molar refractivity (Wildman–Crippen MR) is 129 cm³/mol. The third-order valence-electron chi connectivity index (χ3n) is 5.74. The third-order valence-corrected chi connectivity index (χ3v) is 5.74. The Morgan fingerprint density at radius 2 is 1.58 bits per heavy atom. The van der Waals surface area contributed by atoms with Gasteiger partial charge in [0, 0.05) is 18.5 Å². The zero-order valence-electron chi connectivity index (χ0n) is 20.7. The van der Waals surface area contributed by atoms with Crippen molar-refractivity contribution in [2.45, 2.75) is 77.6 Å². The highest BCUT2D eigenvalue weighted by Gasteiger charge is 2.52. The zero-order valence-corrected chi connectivity index (χ0v) is 20.7. The Bertz CT molecular complexity index is 809. The Labute approximate surface area is 197 Å². The number of nitrogens with zero attached hydrogens (tertiary/aromatic N) is 1. The number of primary amides is 2. The molecule has 4 amide bonds. The minimum atomic E-state index is -1.96. The largest absolute Gasteiger partial charge is 0.386 e. The summed E-state index contributed by atoms with van der Waals surface area (Å²) in [6, 6.07) is 6.08. The fourth-order valence-corrected chi connectivity index (χ4v) is 3.87. The van der Waals surface area contributed by atoms with Crippen LogP contribution in [0.4, 0.5) is 4.79 Å². The number of rotatable bonds is 11. The number of nitrogens with two attached hydrogens (primary N) is 3. The van der Waals surface area contributed by atoms with Gasteiger partial charge < -0.3 is 32.5 Å². The molecule has 0 aromatic heterocycles. The molecule has 0 saturated carbocycles. The molecule has 0 radical (unpaired) electrons. The van der Waals surface area contributed by atoms with Gasteiger partial charge in [-0.2, -0.15) is 0 Å². The van der Waals surface area contributed by atoms with Crippen molar-refractivity contribution >= 4 is 17.8 Å². The van der Waals surface area contributed by atoms with E-state index in [0.29, 0.717) is 18.5 Å². The summed E-state index contributed by atoms with van der Waals surface area (Å²) in [6.45, 7) is 11.5. The van der Waals surface area contributed by atoms with Gasteiger partial charge in [-0.15, -0.1) is 0 Å². The molecule has 0 spiro atoms. The average Bonchev–Trinajstić information content (AvgIpc) is 2.66. The number of benzene rings is 1. The number of hydrogen-bond acceptors (Lipinski definition) is 5. The Kier molecular flexibility index (Phi) is 9.87. The van der Waals surface area contributed by atoms with Gasteiger partial charge in [-0.3, -0.25) is 9.59 Å². The van der Waals surface area contributed by atoms with Gasteiger partial charge in [0.15, 0.2) is 0 Å². The van der Waals surface area contributed by atoms with Crippen molar-refractivity contribution in [1.82, 2.24) is 10.2 Å². The summed E-state index contributed by atoms with van der Waals surface area (Å²) in [7, 11) is 0.